The lowest BCUT2D eigenvalue weighted by atomic mass is 10.1. The maximum absolute atomic E-state index is 12.6. The Morgan fingerprint density at radius 1 is 1.10 bits per heavy atom. The molecule has 98 valence electrons. The molecule has 1 heterocycles. The quantitative estimate of drug-likeness (QED) is 0.577. The topological polar surface area (TPSA) is 46.2 Å². The Kier molecular flexibility index (Phi) is 3.08. The smallest absolute Gasteiger partial charge is 0.247 e. The Hall–Kier alpha value is -2.46. The van der Waals surface area contributed by atoms with Gasteiger partial charge in [0.2, 0.25) is 5.91 Å². The Morgan fingerprint density at radius 3 is 2.65 bits per heavy atom. The van der Waals surface area contributed by atoms with Crippen LogP contribution in [0.1, 0.15) is 0 Å². The molecule has 2 aromatic carbocycles. The van der Waals surface area contributed by atoms with Crippen LogP contribution >= 0.6 is 11.3 Å². The van der Waals surface area contributed by atoms with Gasteiger partial charge in [-0.15, -0.1) is 11.3 Å². The molecule has 20 heavy (non-hydrogen) atoms. The van der Waals surface area contributed by atoms with Gasteiger partial charge in [-0.25, -0.2) is 0 Å². The van der Waals surface area contributed by atoms with Crippen LogP contribution in [-0.4, -0.2) is 5.91 Å². The normalized spacial score (nSPS) is 10.6. The maximum Gasteiger partial charge on any atom is 0.247 e. The molecule has 0 atom stereocenters. The van der Waals surface area contributed by atoms with E-state index in [0.29, 0.717) is 16.5 Å². The molecule has 1 aromatic heterocycles. The molecule has 3 rings (SSSR count). The zero-order valence-electron chi connectivity index (χ0n) is 10.6. The summed E-state index contributed by atoms with van der Waals surface area (Å²) in [4.78, 5) is 24.1. The van der Waals surface area contributed by atoms with Crippen molar-refractivity contribution < 1.29 is 4.79 Å². The van der Waals surface area contributed by atoms with E-state index in [1.165, 1.54) is 17.4 Å². The molecule has 1 amide bonds. The van der Waals surface area contributed by atoms with E-state index < -0.39 is 0 Å². The summed E-state index contributed by atoms with van der Waals surface area (Å²) in [5.41, 5.74) is 0.466. The number of anilines is 1. The summed E-state index contributed by atoms with van der Waals surface area (Å²) in [6.45, 7) is 3.42. The fraction of sp³-hybridized carbons (Fsp3) is 0. The standard InChI is InChI=1S/C16H11NO2S/c1-2-14(18)17-11-7-5-9-13-15(11)16(19)10-6-3-4-8-12(10)20-13/h2-9H,1H2,(H,17,18). The number of hydrogen-bond acceptors (Lipinski definition) is 3. The van der Waals surface area contributed by atoms with Crippen molar-refractivity contribution in [2.45, 2.75) is 0 Å². The van der Waals surface area contributed by atoms with E-state index in [2.05, 4.69) is 11.9 Å². The van der Waals surface area contributed by atoms with Crippen molar-refractivity contribution in [3.8, 4) is 0 Å². The molecule has 0 saturated heterocycles. The third kappa shape index (κ3) is 2.00. The van der Waals surface area contributed by atoms with Crippen molar-refractivity contribution in [1.82, 2.24) is 0 Å². The first-order chi connectivity index (χ1) is 9.70. The number of nitrogens with one attached hydrogen (secondary N) is 1. The summed E-state index contributed by atoms with van der Waals surface area (Å²) < 4.78 is 1.80. The highest BCUT2D eigenvalue weighted by Gasteiger charge is 2.10. The molecule has 4 heteroatoms. The van der Waals surface area contributed by atoms with Gasteiger partial charge in [0.15, 0.2) is 5.43 Å². The molecule has 0 radical (unpaired) electrons. The molecule has 0 aliphatic carbocycles. The van der Waals surface area contributed by atoms with Crippen molar-refractivity contribution in [1.29, 1.82) is 0 Å². The van der Waals surface area contributed by atoms with Crippen LogP contribution in [0.3, 0.4) is 0 Å². The van der Waals surface area contributed by atoms with Gasteiger partial charge in [0.25, 0.3) is 0 Å². The summed E-state index contributed by atoms with van der Waals surface area (Å²) >= 11 is 1.54. The van der Waals surface area contributed by atoms with E-state index >= 15 is 0 Å². The molecule has 0 aliphatic heterocycles. The highest BCUT2D eigenvalue weighted by atomic mass is 32.1. The lowest BCUT2D eigenvalue weighted by molar-refractivity contribution is -0.111. The summed E-state index contributed by atoms with van der Waals surface area (Å²) in [6.07, 6.45) is 1.19. The number of carbonyl (C=O) groups excluding carboxylic acids is 1. The second-order valence-electron chi connectivity index (χ2n) is 4.30. The van der Waals surface area contributed by atoms with E-state index in [1.807, 2.05) is 30.3 Å². The zero-order chi connectivity index (χ0) is 14.1. The SMILES string of the molecule is C=CC(=O)Nc1cccc2sc3ccccc3c(=O)c12. The minimum atomic E-state index is -0.324. The van der Waals surface area contributed by atoms with Crippen LogP contribution in [0.15, 0.2) is 59.9 Å². The summed E-state index contributed by atoms with van der Waals surface area (Å²) in [5.74, 6) is -0.324. The number of rotatable bonds is 2. The molecule has 1 N–H and O–H groups in total. The second kappa shape index (κ2) is 4.90. The van der Waals surface area contributed by atoms with Crippen molar-refractivity contribution in [3.05, 3.63) is 65.3 Å². The van der Waals surface area contributed by atoms with Crippen molar-refractivity contribution in [3.63, 3.8) is 0 Å². The zero-order valence-corrected chi connectivity index (χ0v) is 11.4. The first-order valence-corrected chi connectivity index (χ1v) is 6.90. The van der Waals surface area contributed by atoms with Gasteiger partial charge in [0.1, 0.15) is 0 Å². The summed E-state index contributed by atoms with van der Waals surface area (Å²) in [5, 5.41) is 3.91. The van der Waals surface area contributed by atoms with E-state index in [9.17, 15) is 9.59 Å². The Balaban J connectivity index is 2.38. The Morgan fingerprint density at radius 2 is 1.85 bits per heavy atom. The van der Waals surface area contributed by atoms with Gasteiger partial charge in [-0.05, 0) is 30.3 Å². The molecule has 0 fully saturated rings. The lowest BCUT2D eigenvalue weighted by Gasteiger charge is -2.07. The van der Waals surface area contributed by atoms with Crippen LogP contribution in [0.4, 0.5) is 5.69 Å². The molecule has 0 bridgehead atoms. The van der Waals surface area contributed by atoms with Crippen LogP contribution in [0.25, 0.3) is 20.2 Å². The molecule has 0 aliphatic rings. The molecular formula is C16H11NO2S. The average Bonchev–Trinajstić information content (AvgIpc) is 2.47. The molecule has 3 nitrogen and oxygen atoms in total. The van der Waals surface area contributed by atoms with E-state index in [0.717, 1.165) is 9.40 Å². The Bertz CT molecular complexity index is 896. The number of benzene rings is 2. The minimum Gasteiger partial charge on any atom is -0.322 e. The number of fused-ring (bicyclic) bond motifs is 2. The highest BCUT2D eigenvalue weighted by Crippen LogP contribution is 2.28. The molecule has 0 spiro atoms. The summed E-state index contributed by atoms with van der Waals surface area (Å²) in [6, 6.07) is 12.9. The molecule has 0 unspecified atom stereocenters. The van der Waals surface area contributed by atoms with E-state index in [4.69, 9.17) is 0 Å². The molecular weight excluding hydrogens is 270 g/mol. The lowest BCUT2D eigenvalue weighted by Crippen LogP contribution is -2.11. The molecule has 3 aromatic rings. The first-order valence-electron chi connectivity index (χ1n) is 6.08. The fourth-order valence-corrected chi connectivity index (χ4v) is 3.24. The van der Waals surface area contributed by atoms with Gasteiger partial charge >= 0.3 is 0 Å². The monoisotopic (exact) mass is 281 g/mol. The Labute approximate surface area is 119 Å². The van der Waals surface area contributed by atoms with Crippen LogP contribution in [0, 0.1) is 0 Å². The van der Waals surface area contributed by atoms with Crippen LogP contribution in [-0.2, 0) is 4.79 Å². The third-order valence-corrected chi connectivity index (χ3v) is 4.18. The van der Waals surface area contributed by atoms with Gasteiger partial charge < -0.3 is 5.32 Å². The average molecular weight is 281 g/mol. The number of carbonyl (C=O) groups is 1. The van der Waals surface area contributed by atoms with Crippen LogP contribution < -0.4 is 10.7 Å². The predicted octanol–water partition coefficient (Wildman–Crippen LogP) is 3.54. The third-order valence-electron chi connectivity index (χ3n) is 3.05. The minimum absolute atomic E-state index is 0.0608. The van der Waals surface area contributed by atoms with E-state index in [1.54, 1.807) is 12.1 Å². The molecule has 0 saturated carbocycles. The highest BCUT2D eigenvalue weighted by molar-refractivity contribution is 7.24. The van der Waals surface area contributed by atoms with Gasteiger partial charge in [0, 0.05) is 14.8 Å². The van der Waals surface area contributed by atoms with Crippen LogP contribution in [0.2, 0.25) is 0 Å². The van der Waals surface area contributed by atoms with E-state index in [-0.39, 0.29) is 11.3 Å². The van der Waals surface area contributed by atoms with Gasteiger partial charge in [0.05, 0.1) is 11.1 Å². The largest absolute Gasteiger partial charge is 0.322 e. The van der Waals surface area contributed by atoms with Crippen LogP contribution in [0.5, 0.6) is 0 Å². The van der Waals surface area contributed by atoms with Gasteiger partial charge in [-0.3, -0.25) is 9.59 Å². The number of amides is 1. The predicted molar refractivity (Wildman–Crippen MR) is 84.4 cm³/mol. The van der Waals surface area contributed by atoms with Crippen molar-refractivity contribution in [2.24, 2.45) is 0 Å². The number of hydrogen-bond donors (Lipinski definition) is 1. The van der Waals surface area contributed by atoms with Gasteiger partial charge in [-0.2, -0.15) is 0 Å². The van der Waals surface area contributed by atoms with Gasteiger partial charge in [-0.1, -0.05) is 24.8 Å². The van der Waals surface area contributed by atoms with Crippen molar-refractivity contribution in [2.75, 3.05) is 5.32 Å². The second-order valence-corrected chi connectivity index (χ2v) is 5.38. The first kappa shape index (κ1) is 12.6. The summed E-state index contributed by atoms with van der Waals surface area (Å²) in [7, 11) is 0. The van der Waals surface area contributed by atoms with Crippen molar-refractivity contribution >= 4 is 43.1 Å². The fourth-order valence-electron chi connectivity index (χ4n) is 2.13. The maximum atomic E-state index is 12.6.